The van der Waals surface area contributed by atoms with Gasteiger partial charge in [0.15, 0.2) is 0 Å². The number of benzene rings is 1. The normalized spacial score (nSPS) is 17.7. The Kier molecular flexibility index (Phi) is 5.56. The Labute approximate surface area is 161 Å². The van der Waals surface area contributed by atoms with Crippen LogP contribution in [-0.4, -0.2) is 30.0 Å². The second kappa shape index (κ2) is 8.42. The number of amides is 1. The largest absolute Gasteiger partial charge is 0.381 e. The lowest BCUT2D eigenvalue weighted by atomic mass is 9.95. The van der Waals surface area contributed by atoms with Crippen molar-refractivity contribution in [3.05, 3.63) is 48.3 Å². The van der Waals surface area contributed by atoms with Crippen LogP contribution in [0.1, 0.15) is 55.4 Å². The van der Waals surface area contributed by atoms with Crippen molar-refractivity contribution in [1.82, 2.24) is 4.98 Å². The second-order valence-electron chi connectivity index (χ2n) is 7.61. The predicted molar refractivity (Wildman–Crippen MR) is 111 cm³/mol. The zero-order valence-corrected chi connectivity index (χ0v) is 15.8. The van der Waals surface area contributed by atoms with Crippen LogP contribution in [0.2, 0.25) is 0 Å². The maximum atomic E-state index is 12.5. The van der Waals surface area contributed by atoms with Gasteiger partial charge in [-0.1, -0.05) is 19.3 Å². The minimum absolute atomic E-state index is 0.173. The average molecular weight is 364 g/mol. The highest BCUT2D eigenvalue weighted by molar-refractivity contribution is 6.03. The molecule has 4 rings (SSSR count). The third-order valence-corrected chi connectivity index (χ3v) is 5.57. The molecule has 27 heavy (non-hydrogen) atoms. The summed E-state index contributed by atoms with van der Waals surface area (Å²) in [6.07, 6.45) is 10.6. The number of rotatable bonds is 5. The highest BCUT2D eigenvalue weighted by Gasteiger charge is 2.14. The highest BCUT2D eigenvalue weighted by atomic mass is 16.1. The molecule has 1 aromatic carbocycles. The van der Waals surface area contributed by atoms with Gasteiger partial charge in [0, 0.05) is 30.5 Å². The van der Waals surface area contributed by atoms with E-state index in [1.807, 2.05) is 18.2 Å². The van der Waals surface area contributed by atoms with Gasteiger partial charge in [-0.05, 0) is 62.1 Å². The van der Waals surface area contributed by atoms with Crippen molar-refractivity contribution in [1.29, 1.82) is 0 Å². The van der Waals surface area contributed by atoms with Crippen LogP contribution in [0.5, 0.6) is 0 Å². The molecule has 2 N–H and O–H groups in total. The molecule has 0 spiro atoms. The third kappa shape index (κ3) is 4.59. The summed E-state index contributed by atoms with van der Waals surface area (Å²) in [6.45, 7) is 2.24. The lowest BCUT2D eigenvalue weighted by Gasteiger charge is -2.23. The van der Waals surface area contributed by atoms with Gasteiger partial charge in [-0.2, -0.15) is 0 Å². The summed E-state index contributed by atoms with van der Waals surface area (Å²) in [7, 11) is 0. The zero-order chi connectivity index (χ0) is 18.5. The van der Waals surface area contributed by atoms with E-state index >= 15 is 0 Å². The van der Waals surface area contributed by atoms with Crippen LogP contribution in [0, 0.1) is 0 Å². The smallest absolute Gasteiger partial charge is 0.274 e. The van der Waals surface area contributed by atoms with Gasteiger partial charge in [-0.25, -0.2) is 4.98 Å². The number of hydrogen-bond donors (Lipinski definition) is 2. The van der Waals surface area contributed by atoms with Crippen LogP contribution in [0.3, 0.4) is 0 Å². The minimum atomic E-state index is -0.173. The molecule has 1 amide bonds. The molecular formula is C22H28N4O. The fraction of sp³-hybridized carbons (Fsp3) is 0.455. The molecule has 2 fully saturated rings. The number of nitrogens with zero attached hydrogens (tertiary/aromatic N) is 2. The molecule has 0 atom stereocenters. The van der Waals surface area contributed by atoms with Crippen LogP contribution in [-0.2, 0) is 0 Å². The van der Waals surface area contributed by atoms with Crippen LogP contribution in [0.4, 0.5) is 17.1 Å². The second-order valence-corrected chi connectivity index (χ2v) is 7.61. The van der Waals surface area contributed by atoms with Crippen LogP contribution in [0.15, 0.2) is 42.6 Å². The van der Waals surface area contributed by atoms with E-state index in [2.05, 4.69) is 32.7 Å². The van der Waals surface area contributed by atoms with E-state index in [1.54, 1.807) is 12.3 Å². The molecule has 1 aliphatic heterocycles. The van der Waals surface area contributed by atoms with Crippen LogP contribution in [0.25, 0.3) is 0 Å². The standard InChI is InChI=1S/C22H28N4O/c27-22(25-18-8-11-20(12-9-18)26-14-4-5-15-26)21-13-10-19(16-23-21)24-17-6-2-1-3-7-17/h8-13,16-17,24H,1-7,14-15H2,(H,25,27). The molecule has 5 nitrogen and oxygen atoms in total. The lowest BCUT2D eigenvalue weighted by molar-refractivity contribution is 0.102. The summed E-state index contributed by atoms with van der Waals surface area (Å²) < 4.78 is 0. The van der Waals surface area contributed by atoms with Crippen LogP contribution < -0.4 is 15.5 Å². The van der Waals surface area contributed by atoms with Crippen LogP contribution >= 0.6 is 0 Å². The van der Waals surface area contributed by atoms with Crippen molar-refractivity contribution in [3.63, 3.8) is 0 Å². The maximum Gasteiger partial charge on any atom is 0.274 e. The molecule has 0 radical (unpaired) electrons. The average Bonchev–Trinajstić information content (AvgIpc) is 3.25. The number of carbonyl (C=O) groups excluding carboxylic acids is 1. The SMILES string of the molecule is O=C(Nc1ccc(N2CCCC2)cc1)c1ccc(NC2CCCCC2)cn1. The monoisotopic (exact) mass is 364 g/mol. The first-order valence-electron chi connectivity index (χ1n) is 10.2. The van der Waals surface area contributed by atoms with E-state index in [4.69, 9.17) is 0 Å². The molecule has 2 heterocycles. The minimum Gasteiger partial charge on any atom is -0.381 e. The van der Waals surface area contributed by atoms with Crippen molar-refractivity contribution in [3.8, 4) is 0 Å². The van der Waals surface area contributed by atoms with E-state index < -0.39 is 0 Å². The van der Waals surface area contributed by atoms with Gasteiger partial charge in [0.2, 0.25) is 0 Å². The van der Waals surface area contributed by atoms with Crippen molar-refractivity contribution >= 4 is 23.0 Å². The molecule has 0 unspecified atom stereocenters. The van der Waals surface area contributed by atoms with Crippen molar-refractivity contribution in [2.24, 2.45) is 0 Å². The van der Waals surface area contributed by atoms with Gasteiger partial charge in [-0.3, -0.25) is 4.79 Å². The number of pyridine rings is 1. The van der Waals surface area contributed by atoms with Gasteiger partial charge in [0.25, 0.3) is 5.91 Å². The Morgan fingerprint density at radius 1 is 0.889 bits per heavy atom. The molecule has 1 saturated heterocycles. The molecule has 2 aromatic rings. The molecule has 1 aliphatic carbocycles. The van der Waals surface area contributed by atoms with E-state index in [0.29, 0.717) is 11.7 Å². The van der Waals surface area contributed by atoms with Gasteiger partial charge in [-0.15, -0.1) is 0 Å². The Morgan fingerprint density at radius 2 is 1.59 bits per heavy atom. The molecule has 1 saturated carbocycles. The fourth-order valence-corrected chi connectivity index (χ4v) is 4.02. The predicted octanol–water partition coefficient (Wildman–Crippen LogP) is 4.68. The van der Waals surface area contributed by atoms with Gasteiger partial charge in [0.05, 0.1) is 11.9 Å². The summed E-state index contributed by atoms with van der Waals surface area (Å²) in [5.74, 6) is -0.173. The Hall–Kier alpha value is -2.56. The van der Waals surface area contributed by atoms with E-state index in [9.17, 15) is 4.79 Å². The highest BCUT2D eigenvalue weighted by Crippen LogP contribution is 2.23. The van der Waals surface area contributed by atoms with Crippen molar-refractivity contribution in [2.75, 3.05) is 28.6 Å². The molecule has 142 valence electrons. The first kappa shape index (κ1) is 17.8. The van der Waals surface area contributed by atoms with E-state index in [1.165, 1.54) is 50.6 Å². The third-order valence-electron chi connectivity index (χ3n) is 5.57. The first-order chi connectivity index (χ1) is 13.3. The molecule has 5 heteroatoms. The maximum absolute atomic E-state index is 12.5. The fourth-order valence-electron chi connectivity index (χ4n) is 4.02. The van der Waals surface area contributed by atoms with Crippen molar-refractivity contribution < 1.29 is 4.79 Å². The summed E-state index contributed by atoms with van der Waals surface area (Å²) in [5.41, 5.74) is 3.46. The van der Waals surface area contributed by atoms with E-state index in [-0.39, 0.29) is 5.91 Å². The first-order valence-corrected chi connectivity index (χ1v) is 10.2. The number of aromatic nitrogens is 1. The topological polar surface area (TPSA) is 57.3 Å². The quantitative estimate of drug-likeness (QED) is 0.809. The summed E-state index contributed by atoms with van der Waals surface area (Å²) in [5, 5.41) is 6.47. The molecule has 2 aliphatic rings. The zero-order valence-electron chi connectivity index (χ0n) is 15.8. The number of hydrogen-bond acceptors (Lipinski definition) is 4. The summed E-state index contributed by atoms with van der Waals surface area (Å²) in [4.78, 5) is 19.2. The number of nitrogens with one attached hydrogen (secondary N) is 2. The Bertz CT molecular complexity index is 745. The molecular weight excluding hydrogens is 336 g/mol. The Morgan fingerprint density at radius 3 is 2.26 bits per heavy atom. The van der Waals surface area contributed by atoms with Gasteiger partial charge >= 0.3 is 0 Å². The lowest BCUT2D eigenvalue weighted by Crippen LogP contribution is -2.22. The molecule has 0 bridgehead atoms. The summed E-state index contributed by atoms with van der Waals surface area (Å²) >= 11 is 0. The van der Waals surface area contributed by atoms with Crippen molar-refractivity contribution in [2.45, 2.75) is 51.0 Å². The van der Waals surface area contributed by atoms with E-state index in [0.717, 1.165) is 24.5 Å². The summed E-state index contributed by atoms with van der Waals surface area (Å²) in [6, 6.07) is 12.4. The van der Waals surface area contributed by atoms with Gasteiger partial charge < -0.3 is 15.5 Å². The Balaban J connectivity index is 1.33. The molecule has 1 aromatic heterocycles. The number of carbonyl (C=O) groups is 1. The number of anilines is 3. The van der Waals surface area contributed by atoms with Gasteiger partial charge in [0.1, 0.15) is 5.69 Å².